The number of amides is 1. The molecule has 18 heavy (non-hydrogen) atoms. The van der Waals surface area contributed by atoms with E-state index in [1.165, 1.54) is 12.1 Å². The van der Waals surface area contributed by atoms with E-state index in [0.717, 1.165) is 6.07 Å². The molecule has 0 radical (unpaired) electrons. The fourth-order valence-electron chi connectivity index (χ4n) is 1.39. The van der Waals surface area contributed by atoms with Gasteiger partial charge in [0.15, 0.2) is 0 Å². The van der Waals surface area contributed by atoms with Crippen molar-refractivity contribution in [2.24, 2.45) is 0 Å². The standard InChI is InChI=1S/C12H15FN2O3/c1-14-6-2-3-11(16)15-10-5-4-8(12(17)18)7-9(10)13/h4-5,7,14H,2-3,6H2,1H3,(H,15,16)(H,17,18). The molecule has 5 nitrogen and oxygen atoms in total. The maximum atomic E-state index is 13.5. The molecular formula is C12H15FN2O3. The SMILES string of the molecule is CNCCCC(=O)Nc1ccc(C(=O)O)cc1F. The highest BCUT2D eigenvalue weighted by Gasteiger charge is 2.10. The summed E-state index contributed by atoms with van der Waals surface area (Å²) in [5.41, 5.74) is -0.157. The van der Waals surface area contributed by atoms with Crippen LogP contribution in [0.4, 0.5) is 10.1 Å². The van der Waals surface area contributed by atoms with E-state index in [1.807, 2.05) is 0 Å². The van der Waals surface area contributed by atoms with Gasteiger partial charge >= 0.3 is 5.97 Å². The van der Waals surface area contributed by atoms with Crippen molar-refractivity contribution in [2.45, 2.75) is 12.8 Å². The summed E-state index contributed by atoms with van der Waals surface area (Å²) in [5, 5.41) is 14.0. The van der Waals surface area contributed by atoms with E-state index in [4.69, 9.17) is 5.11 Å². The Morgan fingerprint density at radius 1 is 1.39 bits per heavy atom. The molecule has 1 aromatic carbocycles. The first-order valence-corrected chi connectivity index (χ1v) is 5.52. The third kappa shape index (κ3) is 4.14. The number of aromatic carboxylic acids is 1. The van der Waals surface area contributed by atoms with E-state index in [2.05, 4.69) is 10.6 Å². The number of halogens is 1. The molecule has 0 spiro atoms. The molecule has 0 fully saturated rings. The van der Waals surface area contributed by atoms with Crippen LogP contribution in [0.1, 0.15) is 23.2 Å². The highest BCUT2D eigenvalue weighted by Crippen LogP contribution is 2.16. The van der Waals surface area contributed by atoms with Crippen molar-refractivity contribution in [3.05, 3.63) is 29.6 Å². The number of carboxylic acids is 1. The molecule has 1 aromatic rings. The van der Waals surface area contributed by atoms with Gasteiger partial charge in [-0.15, -0.1) is 0 Å². The van der Waals surface area contributed by atoms with Gasteiger partial charge in [-0.2, -0.15) is 0 Å². The largest absolute Gasteiger partial charge is 0.478 e. The van der Waals surface area contributed by atoms with Crippen molar-refractivity contribution >= 4 is 17.6 Å². The van der Waals surface area contributed by atoms with Crippen molar-refractivity contribution in [1.29, 1.82) is 0 Å². The number of carboxylic acid groups (broad SMARTS) is 1. The molecule has 0 bridgehead atoms. The van der Waals surface area contributed by atoms with Crippen LogP contribution in [0.5, 0.6) is 0 Å². The lowest BCUT2D eigenvalue weighted by atomic mass is 10.2. The Bertz CT molecular complexity index is 449. The molecule has 0 atom stereocenters. The number of carbonyl (C=O) groups is 2. The molecule has 0 aromatic heterocycles. The van der Waals surface area contributed by atoms with Gasteiger partial charge in [0.1, 0.15) is 5.82 Å². The molecule has 6 heteroatoms. The number of anilines is 1. The van der Waals surface area contributed by atoms with E-state index in [-0.39, 0.29) is 23.6 Å². The minimum Gasteiger partial charge on any atom is -0.478 e. The van der Waals surface area contributed by atoms with Gasteiger partial charge in [0.25, 0.3) is 0 Å². The lowest BCUT2D eigenvalue weighted by Gasteiger charge is -2.07. The zero-order valence-corrected chi connectivity index (χ0v) is 10.00. The van der Waals surface area contributed by atoms with Crippen LogP contribution >= 0.6 is 0 Å². The molecule has 0 unspecified atom stereocenters. The highest BCUT2D eigenvalue weighted by atomic mass is 19.1. The molecule has 0 aliphatic heterocycles. The topological polar surface area (TPSA) is 78.4 Å². The summed E-state index contributed by atoms with van der Waals surface area (Å²) in [6.45, 7) is 0.702. The van der Waals surface area contributed by atoms with Gasteiger partial charge in [-0.3, -0.25) is 4.79 Å². The van der Waals surface area contributed by atoms with E-state index in [0.29, 0.717) is 13.0 Å². The Kier molecular flexibility index (Phi) is 5.26. The lowest BCUT2D eigenvalue weighted by Crippen LogP contribution is -2.16. The number of benzene rings is 1. The van der Waals surface area contributed by atoms with Crippen LogP contribution in [0.15, 0.2) is 18.2 Å². The number of nitrogens with one attached hydrogen (secondary N) is 2. The average Bonchev–Trinajstić information content (AvgIpc) is 2.32. The third-order valence-electron chi connectivity index (χ3n) is 2.32. The zero-order valence-electron chi connectivity index (χ0n) is 10.00. The van der Waals surface area contributed by atoms with E-state index >= 15 is 0 Å². The van der Waals surface area contributed by atoms with Crippen molar-refractivity contribution in [1.82, 2.24) is 5.32 Å². The Morgan fingerprint density at radius 2 is 2.11 bits per heavy atom. The van der Waals surface area contributed by atoms with Crippen LogP contribution in [0.3, 0.4) is 0 Å². The van der Waals surface area contributed by atoms with E-state index in [9.17, 15) is 14.0 Å². The molecule has 0 saturated carbocycles. The molecular weight excluding hydrogens is 239 g/mol. The van der Waals surface area contributed by atoms with Crippen LogP contribution in [0.25, 0.3) is 0 Å². The lowest BCUT2D eigenvalue weighted by molar-refractivity contribution is -0.116. The minimum absolute atomic E-state index is 0.00513. The zero-order chi connectivity index (χ0) is 13.5. The highest BCUT2D eigenvalue weighted by molar-refractivity contribution is 5.92. The Labute approximate surface area is 104 Å². The fourth-order valence-corrected chi connectivity index (χ4v) is 1.39. The summed E-state index contributed by atoms with van der Waals surface area (Å²) in [6, 6.07) is 3.37. The van der Waals surface area contributed by atoms with Crippen LogP contribution in [-0.2, 0) is 4.79 Å². The number of rotatable bonds is 6. The van der Waals surface area contributed by atoms with Crippen LogP contribution in [0, 0.1) is 5.82 Å². The van der Waals surface area contributed by atoms with Gasteiger partial charge in [-0.1, -0.05) is 0 Å². The molecule has 0 heterocycles. The van der Waals surface area contributed by atoms with Gasteiger partial charge in [0, 0.05) is 6.42 Å². The summed E-state index contributed by atoms with van der Waals surface area (Å²) >= 11 is 0. The molecule has 1 amide bonds. The van der Waals surface area contributed by atoms with Gasteiger partial charge in [0.2, 0.25) is 5.91 Å². The third-order valence-corrected chi connectivity index (χ3v) is 2.32. The van der Waals surface area contributed by atoms with Crippen LogP contribution < -0.4 is 10.6 Å². The first-order valence-electron chi connectivity index (χ1n) is 5.52. The fraction of sp³-hybridized carbons (Fsp3) is 0.333. The Morgan fingerprint density at radius 3 is 2.67 bits per heavy atom. The molecule has 3 N–H and O–H groups in total. The van der Waals surface area contributed by atoms with E-state index in [1.54, 1.807) is 7.05 Å². The van der Waals surface area contributed by atoms with Gasteiger partial charge in [-0.25, -0.2) is 9.18 Å². The second-order valence-electron chi connectivity index (χ2n) is 3.76. The Hall–Kier alpha value is -1.95. The predicted octanol–water partition coefficient (Wildman–Crippen LogP) is 1.46. The quantitative estimate of drug-likeness (QED) is 0.672. The average molecular weight is 254 g/mol. The summed E-state index contributed by atoms with van der Waals surface area (Å²) in [5.74, 6) is -2.26. The molecule has 1 rings (SSSR count). The predicted molar refractivity (Wildman–Crippen MR) is 65.1 cm³/mol. The molecule has 98 valence electrons. The smallest absolute Gasteiger partial charge is 0.335 e. The van der Waals surface area contributed by atoms with Gasteiger partial charge < -0.3 is 15.7 Å². The maximum Gasteiger partial charge on any atom is 0.335 e. The van der Waals surface area contributed by atoms with E-state index < -0.39 is 11.8 Å². The normalized spacial score (nSPS) is 10.1. The monoisotopic (exact) mass is 254 g/mol. The van der Waals surface area contributed by atoms with Crippen LogP contribution in [-0.4, -0.2) is 30.6 Å². The number of carbonyl (C=O) groups excluding carboxylic acids is 1. The van der Waals surface area contributed by atoms with Crippen molar-refractivity contribution in [3.8, 4) is 0 Å². The first kappa shape index (κ1) is 14.1. The summed E-state index contributed by atoms with van der Waals surface area (Å²) in [6.07, 6.45) is 0.929. The maximum absolute atomic E-state index is 13.5. The molecule has 0 saturated heterocycles. The Balaban J connectivity index is 2.62. The minimum atomic E-state index is -1.21. The molecule has 0 aliphatic carbocycles. The second-order valence-corrected chi connectivity index (χ2v) is 3.76. The summed E-state index contributed by atoms with van der Waals surface area (Å²) in [7, 11) is 1.78. The van der Waals surface area contributed by atoms with Crippen molar-refractivity contribution < 1.29 is 19.1 Å². The number of hydrogen-bond donors (Lipinski definition) is 3. The molecule has 0 aliphatic rings. The summed E-state index contributed by atoms with van der Waals surface area (Å²) in [4.78, 5) is 22.0. The first-order chi connectivity index (χ1) is 8.54. The van der Waals surface area contributed by atoms with Gasteiger partial charge in [0.05, 0.1) is 11.3 Å². The second kappa shape index (κ2) is 6.70. The van der Waals surface area contributed by atoms with Crippen LogP contribution in [0.2, 0.25) is 0 Å². The van der Waals surface area contributed by atoms with Crippen molar-refractivity contribution in [3.63, 3.8) is 0 Å². The van der Waals surface area contributed by atoms with Crippen molar-refractivity contribution in [2.75, 3.05) is 18.9 Å². The van der Waals surface area contributed by atoms with Gasteiger partial charge in [-0.05, 0) is 38.2 Å². The number of hydrogen-bond acceptors (Lipinski definition) is 3. The summed E-state index contributed by atoms with van der Waals surface area (Å²) < 4.78 is 13.5.